The Morgan fingerprint density at radius 2 is 1.91 bits per heavy atom. The van der Waals surface area contributed by atoms with Gasteiger partial charge in [0.15, 0.2) is 0 Å². The van der Waals surface area contributed by atoms with Gasteiger partial charge in [0, 0.05) is 38.4 Å². The van der Waals surface area contributed by atoms with Gasteiger partial charge in [0.25, 0.3) is 0 Å². The van der Waals surface area contributed by atoms with Crippen molar-refractivity contribution < 1.29 is 37.3 Å². The molecule has 11 heteroatoms. The number of nitrogens with zero attached hydrogens (tertiary/aromatic N) is 3. The van der Waals surface area contributed by atoms with Gasteiger partial charge in [0.1, 0.15) is 6.61 Å². The molecule has 0 spiro atoms. The standard InChI is InChI=1S/C19H27N3O3.C2HF3O2/c23-18(21-9-3-4-10-21)14-25-17-7-6-16-19(17)24-12-11-22(16)13-15-5-1-2-8-20-15;3-2(4,5)1(6)7/h1-2,5,8,16-17,19H,3-4,6-7,9-14H2;(H,6,7)/t16-,17+,19+;/m0./s1. The lowest BCUT2D eigenvalue weighted by molar-refractivity contribution is -0.192. The van der Waals surface area contributed by atoms with Crippen molar-refractivity contribution in [1.29, 1.82) is 0 Å². The molecule has 0 radical (unpaired) electrons. The molecule has 0 bridgehead atoms. The molecule has 3 aliphatic rings. The van der Waals surface area contributed by atoms with Crippen LogP contribution in [0.2, 0.25) is 0 Å². The lowest BCUT2D eigenvalue weighted by atomic mass is 10.1. The van der Waals surface area contributed by atoms with Crippen molar-refractivity contribution >= 4 is 11.9 Å². The average Bonchev–Trinajstić information content (AvgIpc) is 3.43. The van der Waals surface area contributed by atoms with E-state index in [1.54, 1.807) is 0 Å². The van der Waals surface area contributed by atoms with Crippen LogP contribution in [0.4, 0.5) is 13.2 Å². The Kier molecular flexibility index (Phi) is 8.44. The SMILES string of the molecule is O=C(CO[C@@H]1CC[C@H]2[C@H]1OCCN2Cc1ccccn1)N1CCCC1.O=C(O)C(F)(F)F. The Labute approximate surface area is 184 Å². The number of hydrogen-bond acceptors (Lipinski definition) is 6. The minimum atomic E-state index is -5.08. The van der Waals surface area contributed by atoms with E-state index in [-0.39, 0.29) is 24.7 Å². The molecule has 3 heterocycles. The number of alkyl halides is 3. The molecule has 3 atom stereocenters. The molecule has 0 aromatic carbocycles. The van der Waals surface area contributed by atoms with Crippen LogP contribution in [0.3, 0.4) is 0 Å². The highest BCUT2D eigenvalue weighted by Gasteiger charge is 2.43. The Morgan fingerprint density at radius 3 is 2.53 bits per heavy atom. The largest absolute Gasteiger partial charge is 0.490 e. The minimum Gasteiger partial charge on any atom is -0.475 e. The summed E-state index contributed by atoms with van der Waals surface area (Å²) in [5, 5.41) is 7.12. The van der Waals surface area contributed by atoms with Crippen LogP contribution >= 0.6 is 0 Å². The molecule has 1 N–H and O–H groups in total. The first-order chi connectivity index (χ1) is 15.3. The van der Waals surface area contributed by atoms with E-state index in [9.17, 15) is 18.0 Å². The second kappa shape index (κ2) is 11.1. The van der Waals surface area contributed by atoms with E-state index >= 15 is 0 Å². The van der Waals surface area contributed by atoms with Crippen LogP contribution in [0.5, 0.6) is 0 Å². The van der Waals surface area contributed by atoms with Gasteiger partial charge in [0.05, 0.1) is 24.5 Å². The van der Waals surface area contributed by atoms with Gasteiger partial charge in [-0.15, -0.1) is 0 Å². The molecular formula is C21H28F3N3O5. The monoisotopic (exact) mass is 459 g/mol. The number of amides is 1. The number of fused-ring (bicyclic) bond motifs is 1. The molecule has 1 aliphatic carbocycles. The summed E-state index contributed by atoms with van der Waals surface area (Å²) in [6.45, 7) is 4.45. The van der Waals surface area contributed by atoms with Gasteiger partial charge in [-0.3, -0.25) is 14.7 Å². The molecule has 2 saturated heterocycles. The third-order valence-electron chi connectivity index (χ3n) is 5.86. The van der Waals surface area contributed by atoms with E-state index in [0.29, 0.717) is 12.6 Å². The maximum absolute atomic E-state index is 12.2. The molecule has 2 aliphatic heterocycles. The number of aromatic nitrogens is 1. The van der Waals surface area contributed by atoms with Gasteiger partial charge in [-0.1, -0.05) is 6.07 Å². The Bertz CT molecular complexity index is 759. The zero-order valence-corrected chi connectivity index (χ0v) is 17.7. The summed E-state index contributed by atoms with van der Waals surface area (Å²) < 4.78 is 43.8. The number of aliphatic carboxylic acids is 1. The van der Waals surface area contributed by atoms with E-state index in [1.807, 2.05) is 23.2 Å². The first kappa shape index (κ1) is 24.4. The fourth-order valence-electron chi connectivity index (χ4n) is 4.30. The zero-order valence-electron chi connectivity index (χ0n) is 17.7. The van der Waals surface area contributed by atoms with Crippen molar-refractivity contribution in [2.45, 2.75) is 56.7 Å². The highest BCUT2D eigenvalue weighted by Crippen LogP contribution is 2.33. The topological polar surface area (TPSA) is 92.2 Å². The lowest BCUT2D eigenvalue weighted by Gasteiger charge is -2.38. The summed E-state index contributed by atoms with van der Waals surface area (Å²) in [4.78, 5) is 29.9. The third kappa shape index (κ3) is 6.63. The number of pyridine rings is 1. The van der Waals surface area contributed by atoms with Crippen LogP contribution in [0.1, 0.15) is 31.4 Å². The summed E-state index contributed by atoms with van der Waals surface area (Å²) in [5.41, 5.74) is 1.09. The lowest BCUT2D eigenvalue weighted by Crippen LogP contribution is -2.51. The van der Waals surface area contributed by atoms with Crippen LogP contribution < -0.4 is 0 Å². The van der Waals surface area contributed by atoms with E-state index in [2.05, 4.69) is 16.0 Å². The highest BCUT2D eigenvalue weighted by atomic mass is 19.4. The quantitative estimate of drug-likeness (QED) is 0.721. The predicted molar refractivity (Wildman–Crippen MR) is 107 cm³/mol. The van der Waals surface area contributed by atoms with E-state index in [4.69, 9.17) is 19.4 Å². The zero-order chi connectivity index (χ0) is 23.1. The van der Waals surface area contributed by atoms with Gasteiger partial charge < -0.3 is 19.5 Å². The molecule has 32 heavy (non-hydrogen) atoms. The molecule has 178 valence electrons. The number of ether oxygens (including phenoxy) is 2. The normalized spacial score (nSPS) is 25.7. The summed E-state index contributed by atoms with van der Waals surface area (Å²) in [5.74, 6) is -2.63. The summed E-state index contributed by atoms with van der Waals surface area (Å²) >= 11 is 0. The summed E-state index contributed by atoms with van der Waals surface area (Å²) in [6, 6.07) is 6.41. The molecule has 0 unspecified atom stereocenters. The van der Waals surface area contributed by atoms with Crippen LogP contribution in [-0.4, -0.2) is 89.0 Å². The summed E-state index contributed by atoms with van der Waals surface area (Å²) in [7, 11) is 0. The first-order valence-electron chi connectivity index (χ1n) is 10.7. The number of rotatable bonds is 5. The fourth-order valence-corrected chi connectivity index (χ4v) is 4.30. The maximum Gasteiger partial charge on any atom is 0.490 e. The van der Waals surface area contributed by atoms with Gasteiger partial charge in [-0.2, -0.15) is 13.2 Å². The second-order valence-electron chi connectivity index (χ2n) is 8.01. The number of morpholine rings is 1. The fraction of sp³-hybridized carbons (Fsp3) is 0.667. The number of carbonyl (C=O) groups is 2. The van der Waals surface area contributed by atoms with Crippen molar-refractivity contribution in [3.8, 4) is 0 Å². The van der Waals surface area contributed by atoms with Gasteiger partial charge in [-0.25, -0.2) is 4.79 Å². The number of carboxylic acid groups (broad SMARTS) is 1. The number of carboxylic acids is 1. The minimum absolute atomic E-state index is 0.0306. The number of hydrogen-bond donors (Lipinski definition) is 1. The smallest absolute Gasteiger partial charge is 0.475 e. The number of halogens is 3. The molecule has 3 fully saturated rings. The molecule has 4 rings (SSSR count). The summed E-state index contributed by atoms with van der Waals surface area (Å²) in [6.07, 6.45) is 1.11. The highest BCUT2D eigenvalue weighted by molar-refractivity contribution is 5.77. The second-order valence-corrected chi connectivity index (χ2v) is 8.01. The molecule has 1 aromatic heterocycles. The Balaban J connectivity index is 0.000000360. The van der Waals surface area contributed by atoms with Crippen molar-refractivity contribution in [3.05, 3.63) is 30.1 Å². The van der Waals surface area contributed by atoms with Gasteiger partial charge >= 0.3 is 12.1 Å². The van der Waals surface area contributed by atoms with Crippen LogP contribution in [-0.2, 0) is 25.6 Å². The first-order valence-corrected chi connectivity index (χ1v) is 10.7. The van der Waals surface area contributed by atoms with Crippen molar-refractivity contribution in [2.75, 3.05) is 32.8 Å². The Hall–Kier alpha value is -2.24. The van der Waals surface area contributed by atoms with Crippen molar-refractivity contribution in [2.24, 2.45) is 0 Å². The van der Waals surface area contributed by atoms with Crippen molar-refractivity contribution in [3.63, 3.8) is 0 Å². The molecular weight excluding hydrogens is 431 g/mol. The maximum atomic E-state index is 12.2. The van der Waals surface area contributed by atoms with Crippen molar-refractivity contribution in [1.82, 2.24) is 14.8 Å². The van der Waals surface area contributed by atoms with E-state index in [0.717, 1.165) is 57.6 Å². The molecule has 1 aromatic rings. The molecule has 1 amide bonds. The third-order valence-corrected chi connectivity index (χ3v) is 5.86. The van der Waals surface area contributed by atoms with Crippen LogP contribution in [0.15, 0.2) is 24.4 Å². The van der Waals surface area contributed by atoms with E-state index < -0.39 is 12.1 Å². The number of likely N-dealkylation sites (tertiary alicyclic amines) is 1. The van der Waals surface area contributed by atoms with Crippen LogP contribution in [0, 0.1) is 0 Å². The number of carbonyl (C=O) groups excluding carboxylic acids is 1. The average molecular weight is 459 g/mol. The predicted octanol–water partition coefficient (Wildman–Crippen LogP) is 2.09. The Morgan fingerprint density at radius 1 is 1.19 bits per heavy atom. The van der Waals surface area contributed by atoms with Crippen LogP contribution in [0.25, 0.3) is 0 Å². The van der Waals surface area contributed by atoms with Gasteiger partial charge in [0.2, 0.25) is 5.91 Å². The van der Waals surface area contributed by atoms with Gasteiger partial charge in [-0.05, 0) is 37.8 Å². The molecule has 1 saturated carbocycles. The van der Waals surface area contributed by atoms with E-state index in [1.165, 1.54) is 0 Å². The molecule has 8 nitrogen and oxygen atoms in total.